The van der Waals surface area contributed by atoms with E-state index >= 15 is 0 Å². The molecule has 0 fully saturated rings. The third-order valence-electron chi connectivity index (χ3n) is 9.54. The minimum atomic E-state index is -0.757. The summed E-state index contributed by atoms with van der Waals surface area (Å²) in [5.41, 5.74) is 0. The first kappa shape index (κ1) is 47.4. The largest absolute Gasteiger partial charge is 0.462 e. The quantitative estimate of drug-likeness (QED) is 0.0364. The number of carbonyl (C=O) groups excluding carboxylic acids is 3. The average Bonchev–Trinajstić information content (AvgIpc) is 3.08. The molecule has 0 unspecified atom stereocenters. The van der Waals surface area contributed by atoms with Gasteiger partial charge in [-0.15, -0.1) is 0 Å². The van der Waals surface area contributed by atoms with Crippen LogP contribution < -0.4 is 0 Å². The summed E-state index contributed by atoms with van der Waals surface area (Å²) in [6.45, 7) is 8.92. The topological polar surface area (TPSA) is 78.9 Å². The third kappa shape index (κ3) is 37.5. The smallest absolute Gasteiger partial charge is 0.306 e. The van der Waals surface area contributed by atoms with Crippen molar-refractivity contribution in [2.45, 2.75) is 239 Å². The van der Waals surface area contributed by atoms with Gasteiger partial charge in [0.15, 0.2) is 6.10 Å². The molecular weight excluding hydrogens is 612 g/mol. The van der Waals surface area contributed by atoms with Gasteiger partial charge in [0.2, 0.25) is 0 Å². The van der Waals surface area contributed by atoms with E-state index in [0.29, 0.717) is 19.3 Å². The lowest BCUT2D eigenvalue weighted by molar-refractivity contribution is -0.167. The van der Waals surface area contributed by atoms with Gasteiger partial charge >= 0.3 is 17.9 Å². The van der Waals surface area contributed by atoms with Gasteiger partial charge < -0.3 is 14.2 Å². The van der Waals surface area contributed by atoms with Crippen LogP contribution in [0.15, 0.2) is 0 Å². The van der Waals surface area contributed by atoms with Crippen molar-refractivity contribution in [1.29, 1.82) is 0 Å². The Hall–Kier alpha value is -1.59. The standard InChI is InChI=1S/C43H82O6/c1-5-7-9-11-13-14-15-16-19-23-27-31-35-42(45)48-38-40(37-47-41(44)34-30-26-21-12-10-8-6-2)49-43(46)36-32-28-24-20-17-18-22-25-29-33-39(3)4/h39-40H,5-38H2,1-4H3/t40-/m1/s1. The molecular formula is C43H82O6. The maximum absolute atomic E-state index is 12.6. The maximum Gasteiger partial charge on any atom is 0.306 e. The molecule has 49 heavy (non-hydrogen) atoms. The van der Waals surface area contributed by atoms with Crippen LogP contribution >= 0.6 is 0 Å². The Morgan fingerprint density at radius 1 is 0.388 bits per heavy atom. The van der Waals surface area contributed by atoms with Crippen molar-refractivity contribution in [3.05, 3.63) is 0 Å². The van der Waals surface area contributed by atoms with E-state index in [2.05, 4.69) is 27.7 Å². The van der Waals surface area contributed by atoms with E-state index in [-0.39, 0.29) is 31.1 Å². The van der Waals surface area contributed by atoms with Crippen LogP contribution in [0.5, 0.6) is 0 Å². The van der Waals surface area contributed by atoms with E-state index in [0.717, 1.165) is 63.7 Å². The van der Waals surface area contributed by atoms with E-state index in [4.69, 9.17) is 14.2 Å². The first-order valence-corrected chi connectivity index (χ1v) is 21.4. The van der Waals surface area contributed by atoms with Gasteiger partial charge in [-0.25, -0.2) is 0 Å². The molecule has 0 bridgehead atoms. The number of esters is 3. The Bertz CT molecular complexity index is 736. The first-order valence-electron chi connectivity index (χ1n) is 21.4. The molecule has 0 rings (SSSR count). The highest BCUT2D eigenvalue weighted by molar-refractivity contribution is 5.71. The Balaban J connectivity index is 4.30. The molecule has 0 spiro atoms. The van der Waals surface area contributed by atoms with Crippen molar-refractivity contribution < 1.29 is 28.6 Å². The SMILES string of the molecule is CCCCCCCCCCCCCCC(=O)OC[C@@H](COC(=O)CCCCCCCCC)OC(=O)CCCCCCCCCCCC(C)C. The molecule has 0 aromatic heterocycles. The Morgan fingerprint density at radius 3 is 1.00 bits per heavy atom. The van der Waals surface area contributed by atoms with Gasteiger partial charge in [0.25, 0.3) is 0 Å². The van der Waals surface area contributed by atoms with Crippen molar-refractivity contribution in [2.75, 3.05) is 13.2 Å². The minimum absolute atomic E-state index is 0.0648. The van der Waals surface area contributed by atoms with Crippen LogP contribution in [0, 0.1) is 5.92 Å². The summed E-state index contributed by atoms with van der Waals surface area (Å²) >= 11 is 0. The molecule has 6 heteroatoms. The molecule has 1 atom stereocenters. The van der Waals surface area contributed by atoms with Crippen molar-refractivity contribution in [3.8, 4) is 0 Å². The fourth-order valence-electron chi connectivity index (χ4n) is 6.27. The number of rotatable bonds is 38. The summed E-state index contributed by atoms with van der Waals surface area (Å²) in [4.78, 5) is 37.5. The van der Waals surface area contributed by atoms with Crippen LogP contribution in [0.1, 0.15) is 233 Å². The summed E-state index contributed by atoms with van der Waals surface area (Å²) in [6, 6.07) is 0. The highest BCUT2D eigenvalue weighted by atomic mass is 16.6. The van der Waals surface area contributed by atoms with E-state index < -0.39 is 6.10 Å². The van der Waals surface area contributed by atoms with Gasteiger partial charge in [0.05, 0.1) is 0 Å². The molecule has 0 saturated heterocycles. The second-order valence-corrected chi connectivity index (χ2v) is 15.1. The van der Waals surface area contributed by atoms with Crippen molar-refractivity contribution in [3.63, 3.8) is 0 Å². The minimum Gasteiger partial charge on any atom is -0.462 e. The molecule has 0 aliphatic carbocycles. The molecule has 0 saturated carbocycles. The highest BCUT2D eigenvalue weighted by Gasteiger charge is 2.19. The summed E-state index contributed by atoms with van der Waals surface area (Å²) in [5, 5.41) is 0. The molecule has 0 heterocycles. The van der Waals surface area contributed by atoms with Gasteiger partial charge in [-0.1, -0.05) is 195 Å². The number of hydrogen-bond donors (Lipinski definition) is 0. The van der Waals surface area contributed by atoms with Crippen LogP contribution in [-0.4, -0.2) is 37.2 Å². The second kappa shape index (κ2) is 37.7. The molecule has 290 valence electrons. The van der Waals surface area contributed by atoms with Gasteiger partial charge in [-0.2, -0.15) is 0 Å². The fraction of sp³-hybridized carbons (Fsp3) is 0.930. The van der Waals surface area contributed by atoms with Crippen LogP contribution in [0.4, 0.5) is 0 Å². The number of ether oxygens (including phenoxy) is 3. The summed E-state index contributed by atoms with van der Waals surface area (Å²) in [5.74, 6) is -0.0595. The van der Waals surface area contributed by atoms with Gasteiger partial charge in [-0.05, 0) is 25.2 Å². The predicted molar refractivity (Wildman–Crippen MR) is 206 cm³/mol. The van der Waals surface area contributed by atoms with E-state index in [1.807, 2.05) is 0 Å². The lowest BCUT2D eigenvalue weighted by Crippen LogP contribution is -2.30. The summed E-state index contributed by atoms with van der Waals surface area (Å²) in [6.07, 6.45) is 35.2. The van der Waals surface area contributed by atoms with Crippen LogP contribution in [-0.2, 0) is 28.6 Å². The Labute approximate surface area is 304 Å². The molecule has 0 amide bonds. The fourth-order valence-corrected chi connectivity index (χ4v) is 6.27. The molecule has 0 aromatic rings. The predicted octanol–water partition coefficient (Wildman–Crippen LogP) is 13.2. The normalized spacial score (nSPS) is 11.9. The molecule has 0 aliphatic rings. The molecule has 0 N–H and O–H groups in total. The van der Waals surface area contributed by atoms with Crippen LogP contribution in [0.2, 0.25) is 0 Å². The molecule has 0 radical (unpaired) electrons. The Kier molecular flexibility index (Phi) is 36.4. The number of unbranched alkanes of at least 4 members (excludes halogenated alkanes) is 25. The van der Waals surface area contributed by atoms with Crippen molar-refractivity contribution in [2.24, 2.45) is 5.92 Å². The zero-order valence-corrected chi connectivity index (χ0v) is 33.1. The molecule has 0 aliphatic heterocycles. The van der Waals surface area contributed by atoms with Gasteiger partial charge in [0, 0.05) is 19.3 Å². The zero-order chi connectivity index (χ0) is 36.0. The van der Waals surface area contributed by atoms with E-state index in [1.165, 1.54) is 128 Å². The third-order valence-corrected chi connectivity index (χ3v) is 9.54. The van der Waals surface area contributed by atoms with Crippen molar-refractivity contribution >= 4 is 17.9 Å². The van der Waals surface area contributed by atoms with Crippen LogP contribution in [0.25, 0.3) is 0 Å². The van der Waals surface area contributed by atoms with Gasteiger partial charge in [0.1, 0.15) is 13.2 Å². The lowest BCUT2D eigenvalue weighted by Gasteiger charge is -2.18. The first-order chi connectivity index (χ1) is 23.9. The lowest BCUT2D eigenvalue weighted by atomic mass is 10.0. The molecule has 0 aromatic carbocycles. The zero-order valence-electron chi connectivity index (χ0n) is 33.1. The van der Waals surface area contributed by atoms with E-state index in [1.54, 1.807) is 0 Å². The average molecular weight is 695 g/mol. The molecule has 6 nitrogen and oxygen atoms in total. The highest BCUT2D eigenvalue weighted by Crippen LogP contribution is 2.15. The number of hydrogen-bond acceptors (Lipinski definition) is 6. The second-order valence-electron chi connectivity index (χ2n) is 15.1. The number of carbonyl (C=O) groups is 3. The summed E-state index contributed by atoms with van der Waals surface area (Å²) < 4.78 is 16.6. The van der Waals surface area contributed by atoms with E-state index in [9.17, 15) is 14.4 Å². The van der Waals surface area contributed by atoms with Crippen molar-refractivity contribution in [1.82, 2.24) is 0 Å². The van der Waals surface area contributed by atoms with Gasteiger partial charge in [-0.3, -0.25) is 14.4 Å². The maximum atomic E-state index is 12.6. The monoisotopic (exact) mass is 695 g/mol. The Morgan fingerprint density at radius 2 is 0.673 bits per heavy atom. The summed E-state index contributed by atoms with van der Waals surface area (Å²) in [7, 11) is 0. The van der Waals surface area contributed by atoms with Crippen LogP contribution in [0.3, 0.4) is 0 Å².